The number of hydrogen-bond donors (Lipinski definition) is 2. The molecule has 0 radical (unpaired) electrons. The van der Waals surface area contributed by atoms with E-state index in [9.17, 15) is 9.90 Å². The van der Waals surface area contributed by atoms with Gasteiger partial charge in [0, 0.05) is 17.4 Å². The summed E-state index contributed by atoms with van der Waals surface area (Å²) in [7, 11) is 0. The summed E-state index contributed by atoms with van der Waals surface area (Å²) in [5.41, 5.74) is 1.14. The molecule has 1 aromatic carbocycles. The average molecular weight is 335 g/mol. The Hall–Kier alpha value is -1.30. The van der Waals surface area contributed by atoms with Crippen LogP contribution in [0.5, 0.6) is 0 Å². The third kappa shape index (κ3) is 4.60. The van der Waals surface area contributed by atoms with Crippen LogP contribution in [0.4, 0.5) is 0 Å². The Balaban J connectivity index is 2.04. The van der Waals surface area contributed by atoms with Crippen molar-refractivity contribution in [3.05, 3.63) is 52.2 Å². The van der Waals surface area contributed by atoms with Crippen molar-refractivity contribution in [3.63, 3.8) is 0 Å². The Morgan fingerprint density at radius 1 is 1.32 bits per heavy atom. The van der Waals surface area contributed by atoms with Gasteiger partial charge >= 0.3 is 0 Å². The fourth-order valence-corrected chi connectivity index (χ4v) is 4.06. The van der Waals surface area contributed by atoms with Gasteiger partial charge in [-0.25, -0.2) is 0 Å². The van der Waals surface area contributed by atoms with Gasteiger partial charge in [-0.2, -0.15) is 0 Å². The van der Waals surface area contributed by atoms with Crippen LogP contribution in [-0.2, 0) is 0 Å². The summed E-state index contributed by atoms with van der Waals surface area (Å²) < 4.78 is 0. The van der Waals surface area contributed by atoms with Crippen LogP contribution in [0.2, 0.25) is 0 Å². The maximum absolute atomic E-state index is 12.3. The average Bonchev–Trinajstić information content (AvgIpc) is 3.00. The van der Waals surface area contributed by atoms with E-state index in [1.54, 1.807) is 18.7 Å². The van der Waals surface area contributed by atoms with Gasteiger partial charge in [0.25, 0.3) is 5.91 Å². The maximum atomic E-state index is 12.3. The second-order valence-electron chi connectivity index (χ2n) is 5.22. The molecule has 5 heteroatoms. The molecule has 2 atom stereocenters. The van der Waals surface area contributed by atoms with Crippen molar-refractivity contribution in [1.82, 2.24) is 5.32 Å². The summed E-state index contributed by atoms with van der Waals surface area (Å²) in [6, 6.07) is 12.0. The molecule has 0 spiro atoms. The van der Waals surface area contributed by atoms with Crippen LogP contribution >= 0.6 is 23.1 Å². The van der Waals surface area contributed by atoms with Gasteiger partial charge in [0.2, 0.25) is 0 Å². The van der Waals surface area contributed by atoms with Gasteiger partial charge in [0.1, 0.15) is 4.88 Å². The number of aliphatic hydroxyl groups is 1. The fourth-order valence-electron chi connectivity index (χ4n) is 2.39. The van der Waals surface area contributed by atoms with Crippen molar-refractivity contribution in [3.8, 4) is 0 Å². The third-order valence-electron chi connectivity index (χ3n) is 3.46. The molecule has 1 amide bonds. The third-order valence-corrected chi connectivity index (χ3v) is 5.28. The van der Waals surface area contributed by atoms with Crippen LogP contribution in [0.25, 0.3) is 0 Å². The van der Waals surface area contributed by atoms with Crippen molar-refractivity contribution in [2.45, 2.75) is 30.3 Å². The number of thiophene rings is 1. The monoisotopic (exact) mass is 335 g/mol. The highest BCUT2D eigenvalue weighted by molar-refractivity contribution is 7.98. The van der Waals surface area contributed by atoms with Gasteiger partial charge in [-0.1, -0.05) is 30.3 Å². The van der Waals surface area contributed by atoms with E-state index in [4.69, 9.17) is 0 Å². The number of nitrogens with one attached hydrogen (secondary N) is 1. The van der Waals surface area contributed by atoms with E-state index in [2.05, 4.69) is 5.32 Å². The minimum Gasteiger partial charge on any atom is -0.393 e. The van der Waals surface area contributed by atoms with E-state index in [1.165, 1.54) is 11.3 Å². The molecular weight excluding hydrogens is 314 g/mol. The normalized spacial score (nSPS) is 13.6. The smallest absolute Gasteiger partial charge is 0.262 e. The van der Waals surface area contributed by atoms with Crippen LogP contribution in [-0.4, -0.2) is 29.9 Å². The highest BCUT2D eigenvalue weighted by Gasteiger charge is 2.17. The predicted octanol–water partition coefficient (Wildman–Crippen LogP) is 3.75. The Morgan fingerprint density at radius 3 is 2.68 bits per heavy atom. The molecule has 2 unspecified atom stereocenters. The van der Waals surface area contributed by atoms with E-state index >= 15 is 0 Å². The number of benzene rings is 1. The molecule has 0 fully saturated rings. The van der Waals surface area contributed by atoms with Crippen molar-refractivity contribution in [2.24, 2.45) is 0 Å². The Labute approximate surface area is 139 Å². The molecule has 0 aliphatic carbocycles. The fraction of sp³-hybridized carbons (Fsp3) is 0.353. The first kappa shape index (κ1) is 17.1. The van der Waals surface area contributed by atoms with Crippen LogP contribution < -0.4 is 5.32 Å². The molecule has 0 aliphatic rings. The number of carbonyl (C=O) groups excluding carboxylic acids is 1. The lowest BCUT2D eigenvalue weighted by Crippen LogP contribution is -2.29. The Kier molecular flexibility index (Phi) is 6.49. The lowest BCUT2D eigenvalue weighted by Gasteiger charge is -2.19. The Bertz CT molecular complexity index is 596. The summed E-state index contributed by atoms with van der Waals surface area (Å²) in [5, 5.41) is 14.6. The van der Waals surface area contributed by atoms with Crippen LogP contribution in [0.3, 0.4) is 0 Å². The molecule has 2 N–H and O–H groups in total. The van der Waals surface area contributed by atoms with Gasteiger partial charge < -0.3 is 10.4 Å². The van der Waals surface area contributed by atoms with Crippen LogP contribution in [0.1, 0.15) is 34.5 Å². The molecule has 1 aromatic heterocycles. The lowest BCUT2D eigenvalue weighted by molar-refractivity contribution is 0.0947. The van der Waals surface area contributed by atoms with Gasteiger partial charge in [0.05, 0.1) is 6.10 Å². The van der Waals surface area contributed by atoms with Crippen molar-refractivity contribution >= 4 is 29.0 Å². The molecule has 0 saturated carbocycles. The molecule has 2 rings (SSSR count). The zero-order chi connectivity index (χ0) is 15.9. The molecule has 0 saturated heterocycles. The van der Waals surface area contributed by atoms with E-state index in [0.717, 1.165) is 15.3 Å². The zero-order valence-corrected chi connectivity index (χ0v) is 14.4. The summed E-state index contributed by atoms with van der Waals surface area (Å²) in [4.78, 5) is 14.1. The molecule has 0 bridgehead atoms. The number of aliphatic hydroxyl groups excluding tert-OH is 1. The maximum Gasteiger partial charge on any atom is 0.262 e. The minimum atomic E-state index is -0.398. The number of hydrogen-bond acceptors (Lipinski definition) is 4. The first-order valence-electron chi connectivity index (χ1n) is 7.24. The summed E-state index contributed by atoms with van der Waals surface area (Å²) in [6.07, 6.45) is 2.20. The summed E-state index contributed by atoms with van der Waals surface area (Å²) in [5.74, 6) is 0.0775. The van der Waals surface area contributed by atoms with E-state index in [0.29, 0.717) is 13.0 Å². The van der Waals surface area contributed by atoms with E-state index in [1.807, 2.05) is 48.0 Å². The second kappa shape index (κ2) is 8.36. The zero-order valence-electron chi connectivity index (χ0n) is 12.8. The molecule has 2 aromatic rings. The summed E-state index contributed by atoms with van der Waals surface area (Å²) >= 11 is 3.04. The Morgan fingerprint density at radius 2 is 2.05 bits per heavy atom. The minimum absolute atomic E-state index is 0.0362. The van der Waals surface area contributed by atoms with Crippen molar-refractivity contribution in [1.29, 1.82) is 0 Å². The van der Waals surface area contributed by atoms with Gasteiger partial charge in [-0.15, -0.1) is 23.1 Å². The SMILES string of the molecule is CSc1ccsc1C(=O)NCC(CC(C)O)c1ccccc1. The van der Waals surface area contributed by atoms with Gasteiger partial charge in [-0.3, -0.25) is 4.79 Å². The largest absolute Gasteiger partial charge is 0.393 e. The van der Waals surface area contributed by atoms with Crippen LogP contribution in [0.15, 0.2) is 46.7 Å². The molecular formula is C17H21NO2S2. The number of carbonyl (C=O) groups is 1. The standard InChI is InChI=1S/C17H21NO2S2/c1-12(19)10-14(13-6-4-3-5-7-13)11-18-17(20)16-15(21-2)8-9-22-16/h3-9,12,14,19H,10-11H2,1-2H3,(H,18,20). The lowest BCUT2D eigenvalue weighted by atomic mass is 9.93. The highest BCUT2D eigenvalue weighted by Crippen LogP contribution is 2.26. The predicted molar refractivity (Wildman–Crippen MR) is 93.9 cm³/mol. The molecule has 1 heterocycles. The number of amides is 1. The quantitative estimate of drug-likeness (QED) is 0.758. The molecule has 22 heavy (non-hydrogen) atoms. The highest BCUT2D eigenvalue weighted by atomic mass is 32.2. The number of thioether (sulfide) groups is 1. The van der Waals surface area contributed by atoms with Gasteiger partial charge in [-0.05, 0) is 36.6 Å². The van der Waals surface area contributed by atoms with Crippen LogP contribution in [0, 0.1) is 0 Å². The molecule has 0 aliphatic heterocycles. The van der Waals surface area contributed by atoms with Crippen molar-refractivity contribution in [2.75, 3.05) is 12.8 Å². The second-order valence-corrected chi connectivity index (χ2v) is 6.98. The first-order valence-corrected chi connectivity index (χ1v) is 9.35. The van der Waals surface area contributed by atoms with E-state index in [-0.39, 0.29) is 11.8 Å². The first-order chi connectivity index (χ1) is 10.6. The number of rotatable bonds is 7. The van der Waals surface area contributed by atoms with Crippen molar-refractivity contribution < 1.29 is 9.90 Å². The van der Waals surface area contributed by atoms with E-state index < -0.39 is 6.10 Å². The molecule has 118 valence electrons. The summed E-state index contributed by atoms with van der Waals surface area (Å²) in [6.45, 7) is 2.31. The molecule has 3 nitrogen and oxygen atoms in total. The topological polar surface area (TPSA) is 49.3 Å². The van der Waals surface area contributed by atoms with Gasteiger partial charge in [0.15, 0.2) is 0 Å².